The van der Waals surface area contributed by atoms with Gasteiger partial charge in [-0.2, -0.15) is 22.7 Å². The highest BCUT2D eigenvalue weighted by molar-refractivity contribution is 7.89. The number of aromatic nitrogens is 1. The van der Waals surface area contributed by atoms with E-state index in [0.29, 0.717) is 7.05 Å². The minimum Gasteiger partial charge on any atom is -0.262 e. The summed E-state index contributed by atoms with van der Waals surface area (Å²) in [5, 5.41) is 8.97. The molecule has 25 heavy (non-hydrogen) atoms. The van der Waals surface area contributed by atoms with E-state index in [1.165, 1.54) is 0 Å². The van der Waals surface area contributed by atoms with Crippen LogP contribution in [0.15, 0.2) is 47.6 Å². The minimum absolute atomic E-state index is 0.110. The third-order valence-corrected chi connectivity index (χ3v) is 5.18. The molecular formula is C15H11ClF3N3O2S. The summed E-state index contributed by atoms with van der Waals surface area (Å²) in [6, 6.07) is 3.05. The lowest BCUT2D eigenvalue weighted by Gasteiger charge is -2.29. The topological polar surface area (TPSA) is 74.1 Å². The summed E-state index contributed by atoms with van der Waals surface area (Å²) in [7, 11) is -4.15. The van der Waals surface area contributed by atoms with Crippen LogP contribution in [0, 0.1) is 11.3 Å². The quantitative estimate of drug-likeness (QED) is 0.800. The van der Waals surface area contributed by atoms with Gasteiger partial charge in [-0.3, -0.25) is 4.98 Å². The molecule has 132 valence electrons. The normalized spacial score (nSPS) is 15.3. The van der Waals surface area contributed by atoms with Gasteiger partial charge in [0.05, 0.1) is 6.93 Å². The van der Waals surface area contributed by atoms with Gasteiger partial charge in [0.25, 0.3) is 0 Å². The first kappa shape index (κ1) is 17.7. The average molecular weight is 391 g/mol. The van der Waals surface area contributed by atoms with Crippen LogP contribution in [0.3, 0.4) is 0 Å². The number of alkyl halides is 3. The van der Waals surface area contributed by atoms with Gasteiger partial charge in [-0.1, -0.05) is 23.7 Å². The maximum Gasteiger partial charge on any atom is 0.409 e. The van der Waals surface area contributed by atoms with Crippen molar-refractivity contribution < 1.29 is 23.0 Å². The molecule has 1 atom stereocenters. The Morgan fingerprint density at radius 2 is 1.92 bits per heavy atom. The van der Waals surface area contributed by atoms with Gasteiger partial charge in [0.1, 0.15) is 17.0 Å². The lowest BCUT2D eigenvalue weighted by Crippen LogP contribution is -2.39. The SMILES string of the molecule is [2H]C(c1ccc(Cl)cc1)(N(C)S(=O)(=O)c1cncc(C#N)c1)C(F)(F)F. The highest BCUT2D eigenvalue weighted by Crippen LogP contribution is 2.39. The van der Waals surface area contributed by atoms with Crippen LogP contribution in [0.2, 0.25) is 5.02 Å². The molecule has 2 aromatic rings. The molecule has 0 aliphatic carbocycles. The fourth-order valence-electron chi connectivity index (χ4n) is 2.03. The van der Waals surface area contributed by atoms with Gasteiger partial charge in [0, 0.05) is 24.5 Å². The summed E-state index contributed by atoms with van der Waals surface area (Å²) in [5.41, 5.74) is -0.779. The van der Waals surface area contributed by atoms with Crippen molar-refractivity contribution >= 4 is 21.6 Å². The molecule has 5 nitrogen and oxygen atoms in total. The van der Waals surface area contributed by atoms with Gasteiger partial charge in [-0.25, -0.2) is 8.42 Å². The van der Waals surface area contributed by atoms with Gasteiger partial charge in [0.2, 0.25) is 10.0 Å². The molecule has 1 aromatic carbocycles. The molecule has 0 saturated carbocycles. The molecule has 0 aliphatic rings. The van der Waals surface area contributed by atoms with Crippen LogP contribution in [0.25, 0.3) is 0 Å². The molecule has 0 saturated heterocycles. The van der Waals surface area contributed by atoms with E-state index < -0.39 is 32.7 Å². The van der Waals surface area contributed by atoms with Gasteiger partial charge < -0.3 is 0 Å². The highest BCUT2D eigenvalue weighted by Gasteiger charge is 2.47. The number of nitrogens with zero attached hydrogens (tertiary/aromatic N) is 3. The summed E-state index contributed by atoms with van der Waals surface area (Å²) >= 11 is 5.66. The van der Waals surface area contributed by atoms with E-state index in [1.54, 1.807) is 6.07 Å². The molecule has 2 rings (SSSR count). The second kappa shape index (κ2) is 7.00. The zero-order chi connectivity index (χ0) is 19.8. The van der Waals surface area contributed by atoms with Crippen LogP contribution < -0.4 is 0 Å². The van der Waals surface area contributed by atoms with E-state index >= 15 is 0 Å². The zero-order valence-corrected chi connectivity index (χ0v) is 14.2. The predicted molar refractivity (Wildman–Crippen MR) is 84.1 cm³/mol. The molecule has 0 amide bonds. The third kappa shape index (κ3) is 4.10. The lowest BCUT2D eigenvalue weighted by molar-refractivity contribution is -0.171. The van der Waals surface area contributed by atoms with Gasteiger partial charge in [0.15, 0.2) is 0 Å². The number of hydrogen-bond acceptors (Lipinski definition) is 4. The standard InChI is InChI=1S/C15H11ClF3N3O2S/c1-22(25(23,24)13-6-10(7-20)8-21-9-13)14(15(17,18)19)11-2-4-12(16)5-3-11/h2-6,8-9,14H,1H3/i14D. The molecular weight excluding hydrogens is 379 g/mol. The van der Waals surface area contributed by atoms with Crippen LogP contribution in [-0.4, -0.2) is 30.9 Å². The van der Waals surface area contributed by atoms with Crippen molar-refractivity contribution in [1.29, 1.82) is 5.26 Å². The monoisotopic (exact) mass is 390 g/mol. The predicted octanol–water partition coefficient (Wildman–Crippen LogP) is 3.53. The van der Waals surface area contributed by atoms with E-state index in [2.05, 4.69) is 4.98 Å². The Kier molecular flexibility index (Phi) is 4.94. The third-order valence-electron chi connectivity index (χ3n) is 3.20. The van der Waals surface area contributed by atoms with Crippen LogP contribution in [0.5, 0.6) is 0 Å². The summed E-state index contributed by atoms with van der Waals surface area (Å²) in [5.74, 6) is 0. The first-order valence-electron chi connectivity index (χ1n) is 7.11. The smallest absolute Gasteiger partial charge is 0.262 e. The van der Waals surface area contributed by atoms with Crippen molar-refractivity contribution in [3.63, 3.8) is 0 Å². The minimum atomic E-state index is -5.26. The van der Waals surface area contributed by atoms with E-state index in [-0.39, 0.29) is 14.9 Å². The molecule has 1 unspecified atom stereocenters. The van der Waals surface area contributed by atoms with Gasteiger partial charge >= 0.3 is 6.18 Å². The number of benzene rings is 1. The molecule has 0 spiro atoms. The maximum atomic E-state index is 13.7. The fourth-order valence-corrected chi connectivity index (χ4v) is 3.39. The van der Waals surface area contributed by atoms with Crippen LogP contribution >= 0.6 is 11.6 Å². The van der Waals surface area contributed by atoms with E-state index in [0.717, 1.165) is 42.7 Å². The Morgan fingerprint density at radius 1 is 1.32 bits per heavy atom. The summed E-state index contributed by atoms with van der Waals surface area (Å²) < 4.78 is 74.4. The van der Waals surface area contributed by atoms with E-state index in [1.807, 2.05) is 0 Å². The van der Waals surface area contributed by atoms with Crippen molar-refractivity contribution in [3.05, 3.63) is 58.9 Å². The van der Waals surface area contributed by atoms with Crippen molar-refractivity contribution in [3.8, 4) is 6.07 Å². The largest absolute Gasteiger partial charge is 0.409 e. The van der Waals surface area contributed by atoms with Crippen molar-refractivity contribution in [2.45, 2.75) is 17.1 Å². The van der Waals surface area contributed by atoms with E-state index in [9.17, 15) is 21.6 Å². The number of halogens is 4. The van der Waals surface area contributed by atoms with Crippen LogP contribution in [0.4, 0.5) is 13.2 Å². The maximum absolute atomic E-state index is 13.7. The average Bonchev–Trinajstić information content (AvgIpc) is 2.60. The van der Waals surface area contributed by atoms with Crippen LogP contribution in [-0.2, 0) is 10.0 Å². The van der Waals surface area contributed by atoms with Crippen LogP contribution in [0.1, 0.15) is 18.5 Å². The molecule has 0 aliphatic heterocycles. The molecule has 0 fully saturated rings. The second-order valence-electron chi connectivity index (χ2n) is 4.85. The zero-order valence-electron chi connectivity index (χ0n) is 13.6. The Balaban J connectivity index is 2.65. The van der Waals surface area contributed by atoms with Crippen molar-refractivity contribution in [2.24, 2.45) is 0 Å². The molecule has 10 heteroatoms. The molecule has 1 aromatic heterocycles. The number of rotatable bonds is 4. The first-order chi connectivity index (χ1) is 11.9. The Morgan fingerprint density at radius 3 is 2.44 bits per heavy atom. The molecule has 0 N–H and O–H groups in total. The number of nitriles is 1. The van der Waals surface area contributed by atoms with E-state index in [4.69, 9.17) is 18.2 Å². The number of hydrogen-bond donors (Lipinski definition) is 0. The fraction of sp³-hybridized carbons (Fsp3) is 0.200. The van der Waals surface area contributed by atoms with Gasteiger partial charge in [-0.15, -0.1) is 0 Å². The Bertz CT molecular complexity index is 961. The number of sulfonamides is 1. The first-order valence-corrected chi connectivity index (χ1v) is 8.43. The summed E-state index contributed by atoms with van der Waals surface area (Å²) in [6.45, 7) is 0. The molecule has 0 bridgehead atoms. The van der Waals surface area contributed by atoms with Crippen molar-refractivity contribution in [1.82, 2.24) is 9.29 Å². The summed E-state index contributed by atoms with van der Waals surface area (Å²) in [4.78, 5) is 2.91. The number of pyridine rings is 1. The summed E-state index contributed by atoms with van der Waals surface area (Å²) in [6.07, 6.45) is -3.38. The van der Waals surface area contributed by atoms with Crippen molar-refractivity contribution in [2.75, 3.05) is 7.05 Å². The van der Waals surface area contributed by atoms with Gasteiger partial charge in [-0.05, 0) is 23.8 Å². The second-order valence-corrected chi connectivity index (χ2v) is 7.25. The Labute approximate surface area is 148 Å². The molecule has 0 radical (unpaired) electrons. The highest BCUT2D eigenvalue weighted by atomic mass is 35.5. The Hall–Kier alpha value is -2.15. The lowest BCUT2D eigenvalue weighted by atomic mass is 10.1. The molecule has 1 heterocycles.